The highest BCUT2D eigenvalue weighted by atomic mass is 16.5. The minimum atomic E-state index is -0.807. The van der Waals surface area contributed by atoms with Gasteiger partial charge in [-0.2, -0.15) is 0 Å². The molecule has 0 heterocycles. The van der Waals surface area contributed by atoms with Gasteiger partial charge in [-0.05, 0) is 31.9 Å². The lowest BCUT2D eigenvalue weighted by atomic mass is 10.1. The molecule has 0 aliphatic heterocycles. The van der Waals surface area contributed by atoms with Crippen LogP contribution >= 0.6 is 0 Å². The fourth-order valence-electron chi connectivity index (χ4n) is 1.46. The molecule has 1 aromatic carbocycles. The van der Waals surface area contributed by atoms with E-state index < -0.39 is 5.60 Å². The standard InChI is InChI=1S/C13H19NO2/c1-13(15,9-14-11-7-8-11)10-16-12-5-3-2-4-6-12/h2-6,11,14-15H,7-10H2,1H3. The summed E-state index contributed by atoms with van der Waals surface area (Å²) in [6.45, 7) is 2.70. The first-order chi connectivity index (χ1) is 7.66. The molecule has 3 nitrogen and oxygen atoms in total. The van der Waals surface area contributed by atoms with Crippen molar-refractivity contribution in [1.82, 2.24) is 5.32 Å². The fourth-order valence-corrected chi connectivity index (χ4v) is 1.46. The van der Waals surface area contributed by atoms with Gasteiger partial charge in [0.05, 0.1) is 0 Å². The summed E-state index contributed by atoms with van der Waals surface area (Å²) in [7, 11) is 0. The van der Waals surface area contributed by atoms with Crippen molar-refractivity contribution in [2.75, 3.05) is 13.2 Å². The summed E-state index contributed by atoms with van der Waals surface area (Å²) in [4.78, 5) is 0. The number of hydrogen-bond donors (Lipinski definition) is 2. The van der Waals surface area contributed by atoms with Crippen molar-refractivity contribution in [1.29, 1.82) is 0 Å². The van der Waals surface area contributed by atoms with Gasteiger partial charge < -0.3 is 15.2 Å². The Morgan fingerprint density at radius 1 is 1.38 bits per heavy atom. The lowest BCUT2D eigenvalue weighted by Crippen LogP contribution is -2.43. The molecule has 0 radical (unpaired) electrons. The zero-order valence-corrected chi connectivity index (χ0v) is 9.65. The molecular weight excluding hydrogens is 202 g/mol. The van der Waals surface area contributed by atoms with Gasteiger partial charge in [-0.1, -0.05) is 18.2 Å². The average molecular weight is 221 g/mol. The normalized spacial score (nSPS) is 19.1. The first kappa shape index (κ1) is 11.4. The molecule has 2 N–H and O–H groups in total. The number of nitrogens with one attached hydrogen (secondary N) is 1. The summed E-state index contributed by atoms with van der Waals surface area (Å²) in [6.07, 6.45) is 2.46. The maximum Gasteiger partial charge on any atom is 0.119 e. The zero-order valence-electron chi connectivity index (χ0n) is 9.65. The molecule has 0 saturated heterocycles. The lowest BCUT2D eigenvalue weighted by Gasteiger charge is -2.23. The van der Waals surface area contributed by atoms with Gasteiger partial charge in [-0.15, -0.1) is 0 Å². The van der Waals surface area contributed by atoms with Gasteiger partial charge in [0.2, 0.25) is 0 Å². The van der Waals surface area contributed by atoms with Gasteiger partial charge in [0.25, 0.3) is 0 Å². The molecule has 0 bridgehead atoms. The second kappa shape index (κ2) is 4.85. The van der Waals surface area contributed by atoms with Crippen LogP contribution in [-0.4, -0.2) is 29.9 Å². The summed E-state index contributed by atoms with van der Waals surface area (Å²) in [5.41, 5.74) is -0.807. The van der Waals surface area contributed by atoms with Crippen molar-refractivity contribution in [3.63, 3.8) is 0 Å². The molecule has 88 valence electrons. The number of rotatable bonds is 6. The molecular formula is C13H19NO2. The molecule has 3 heteroatoms. The third-order valence-electron chi connectivity index (χ3n) is 2.64. The molecule has 1 aromatic rings. The minimum Gasteiger partial charge on any atom is -0.491 e. The number of benzene rings is 1. The Morgan fingerprint density at radius 3 is 2.69 bits per heavy atom. The molecule has 1 saturated carbocycles. The quantitative estimate of drug-likeness (QED) is 0.766. The molecule has 0 spiro atoms. The molecule has 1 unspecified atom stereocenters. The van der Waals surface area contributed by atoms with Gasteiger partial charge in [0.15, 0.2) is 0 Å². The highest BCUT2D eigenvalue weighted by Gasteiger charge is 2.27. The molecule has 1 aliphatic carbocycles. The van der Waals surface area contributed by atoms with Crippen molar-refractivity contribution in [3.8, 4) is 5.75 Å². The number of aliphatic hydroxyl groups is 1. The van der Waals surface area contributed by atoms with Crippen LogP contribution in [0.4, 0.5) is 0 Å². The van der Waals surface area contributed by atoms with E-state index in [1.165, 1.54) is 12.8 Å². The maximum absolute atomic E-state index is 10.1. The van der Waals surface area contributed by atoms with Crippen molar-refractivity contribution >= 4 is 0 Å². The van der Waals surface area contributed by atoms with Crippen LogP contribution in [0.15, 0.2) is 30.3 Å². The Morgan fingerprint density at radius 2 is 2.06 bits per heavy atom. The minimum absolute atomic E-state index is 0.316. The molecule has 1 fully saturated rings. The van der Waals surface area contributed by atoms with E-state index in [1.54, 1.807) is 6.92 Å². The van der Waals surface area contributed by atoms with Crippen LogP contribution in [0.2, 0.25) is 0 Å². The smallest absolute Gasteiger partial charge is 0.119 e. The Hall–Kier alpha value is -1.06. The van der Waals surface area contributed by atoms with Crippen LogP contribution < -0.4 is 10.1 Å². The van der Waals surface area contributed by atoms with Crippen molar-refractivity contribution < 1.29 is 9.84 Å². The summed E-state index contributed by atoms with van der Waals surface area (Å²) in [5.74, 6) is 0.800. The van der Waals surface area contributed by atoms with Crippen molar-refractivity contribution in [2.24, 2.45) is 0 Å². The Labute approximate surface area is 96.4 Å². The number of ether oxygens (including phenoxy) is 1. The van der Waals surface area contributed by atoms with Gasteiger partial charge in [0, 0.05) is 12.6 Å². The van der Waals surface area contributed by atoms with E-state index in [1.807, 2.05) is 30.3 Å². The SMILES string of the molecule is CC(O)(CNC1CC1)COc1ccccc1. The van der Waals surface area contributed by atoms with Crippen LogP contribution in [0.3, 0.4) is 0 Å². The number of hydrogen-bond acceptors (Lipinski definition) is 3. The maximum atomic E-state index is 10.1. The van der Waals surface area contributed by atoms with E-state index in [0.29, 0.717) is 19.2 Å². The van der Waals surface area contributed by atoms with E-state index in [-0.39, 0.29) is 0 Å². The van der Waals surface area contributed by atoms with Crippen LogP contribution in [0.5, 0.6) is 5.75 Å². The highest BCUT2D eigenvalue weighted by molar-refractivity contribution is 5.21. The van der Waals surface area contributed by atoms with Crippen LogP contribution in [-0.2, 0) is 0 Å². The summed E-state index contributed by atoms with van der Waals surface area (Å²) in [6, 6.07) is 10.2. The summed E-state index contributed by atoms with van der Waals surface area (Å²) < 4.78 is 5.53. The molecule has 0 aromatic heterocycles. The van der Waals surface area contributed by atoms with Gasteiger partial charge in [-0.3, -0.25) is 0 Å². The summed E-state index contributed by atoms with van der Waals surface area (Å²) >= 11 is 0. The second-order valence-electron chi connectivity index (χ2n) is 4.75. The zero-order chi connectivity index (χ0) is 11.4. The van der Waals surface area contributed by atoms with Crippen LogP contribution in [0, 0.1) is 0 Å². The topological polar surface area (TPSA) is 41.5 Å². The van der Waals surface area contributed by atoms with E-state index >= 15 is 0 Å². The van der Waals surface area contributed by atoms with E-state index in [0.717, 1.165) is 5.75 Å². The Bertz CT molecular complexity index is 320. The van der Waals surface area contributed by atoms with Crippen LogP contribution in [0.1, 0.15) is 19.8 Å². The van der Waals surface area contributed by atoms with Crippen molar-refractivity contribution in [3.05, 3.63) is 30.3 Å². The molecule has 1 atom stereocenters. The van der Waals surface area contributed by atoms with Gasteiger partial charge >= 0.3 is 0 Å². The Balaban J connectivity index is 1.74. The molecule has 0 amide bonds. The van der Waals surface area contributed by atoms with Gasteiger partial charge in [0.1, 0.15) is 18.0 Å². The molecule has 1 aliphatic rings. The predicted molar refractivity (Wildman–Crippen MR) is 63.6 cm³/mol. The fraction of sp³-hybridized carbons (Fsp3) is 0.538. The third-order valence-corrected chi connectivity index (χ3v) is 2.64. The Kier molecular flexibility index (Phi) is 3.46. The predicted octanol–water partition coefficient (Wildman–Crippen LogP) is 1.57. The van der Waals surface area contributed by atoms with E-state index in [2.05, 4.69) is 5.32 Å². The monoisotopic (exact) mass is 221 g/mol. The van der Waals surface area contributed by atoms with Crippen LogP contribution in [0.25, 0.3) is 0 Å². The molecule has 2 rings (SSSR count). The van der Waals surface area contributed by atoms with E-state index in [9.17, 15) is 5.11 Å². The summed E-state index contributed by atoms with van der Waals surface area (Å²) in [5, 5.41) is 13.4. The highest BCUT2D eigenvalue weighted by Crippen LogP contribution is 2.19. The van der Waals surface area contributed by atoms with E-state index in [4.69, 9.17) is 4.74 Å². The lowest BCUT2D eigenvalue weighted by molar-refractivity contribution is 0.0120. The number of para-hydroxylation sites is 1. The third kappa shape index (κ3) is 3.83. The average Bonchev–Trinajstić information content (AvgIpc) is 3.09. The first-order valence-corrected chi connectivity index (χ1v) is 5.79. The second-order valence-corrected chi connectivity index (χ2v) is 4.75. The van der Waals surface area contributed by atoms with Crippen molar-refractivity contribution in [2.45, 2.75) is 31.4 Å². The largest absolute Gasteiger partial charge is 0.491 e. The first-order valence-electron chi connectivity index (χ1n) is 5.79. The van der Waals surface area contributed by atoms with Gasteiger partial charge in [-0.25, -0.2) is 0 Å². The molecule has 16 heavy (non-hydrogen) atoms.